The van der Waals surface area contributed by atoms with E-state index in [0.29, 0.717) is 25.3 Å². The molecule has 0 aliphatic heterocycles. The van der Waals surface area contributed by atoms with Gasteiger partial charge in [0.05, 0.1) is 17.9 Å². The number of thioether (sulfide) groups is 1. The Bertz CT molecular complexity index is 517. The van der Waals surface area contributed by atoms with Gasteiger partial charge in [-0.15, -0.1) is 24.2 Å². The molecule has 0 spiro atoms. The van der Waals surface area contributed by atoms with Crippen LogP contribution in [-0.4, -0.2) is 57.5 Å². The van der Waals surface area contributed by atoms with E-state index in [9.17, 15) is 9.59 Å². The van der Waals surface area contributed by atoms with Crippen molar-refractivity contribution in [2.75, 3.05) is 39.6 Å². The van der Waals surface area contributed by atoms with Crippen LogP contribution in [0.25, 0.3) is 0 Å². The molecule has 0 aliphatic carbocycles. The molecule has 0 saturated carbocycles. The van der Waals surface area contributed by atoms with Gasteiger partial charge >= 0.3 is 0 Å². The molecule has 0 radical (unpaired) electrons. The van der Waals surface area contributed by atoms with E-state index in [0.717, 1.165) is 4.90 Å². The average Bonchev–Trinajstić information content (AvgIpc) is 2.58. The Morgan fingerprint density at radius 3 is 2.62 bits per heavy atom. The van der Waals surface area contributed by atoms with E-state index in [1.807, 2.05) is 32.2 Å². The second kappa shape index (κ2) is 13.1. The first-order valence-electron chi connectivity index (χ1n) is 7.51. The number of rotatable bonds is 10. The summed E-state index contributed by atoms with van der Waals surface area (Å²) >= 11 is 1.35. The number of amides is 2. The van der Waals surface area contributed by atoms with Crippen LogP contribution in [-0.2, 0) is 9.53 Å². The molecule has 0 aliphatic rings. The van der Waals surface area contributed by atoms with Gasteiger partial charge in [-0.05, 0) is 26.1 Å². The van der Waals surface area contributed by atoms with Crippen LogP contribution < -0.4 is 16.0 Å². The third-order valence-corrected chi connectivity index (χ3v) is 4.25. The van der Waals surface area contributed by atoms with Gasteiger partial charge in [0, 0.05) is 31.1 Å². The lowest BCUT2D eigenvalue weighted by Crippen LogP contribution is -2.37. The van der Waals surface area contributed by atoms with E-state index in [1.165, 1.54) is 11.8 Å². The van der Waals surface area contributed by atoms with Crippen LogP contribution in [0.3, 0.4) is 0 Å². The minimum Gasteiger partial charge on any atom is -0.383 e. The summed E-state index contributed by atoms with van der Waals surface area (Å²) in [5, 5.41) is 8.71. The first-order chi connectivity index (χ1) is 11.1. The molecule has 136 valence electrons. The van der Waals surface area contributed by atoms with Crippen molar-refractivity contribution in [2.45, 2.75) is 17.9 Å². The molecule has 6 nitrogen and oxygen atoms in total. The lowest BCUT2D eigenvalue weighted by molar-refractivity contribution is -0.118. The predicted octanol–water partition coefficient (Wildman–Crippen LogP) is 1.30. The summed E-state index contributed by atoms with van der Waals surface area (Å²) in [6, 6.07) is 7.50. The standard InChI is InChI=1S/C16H25N3O3S.ClH/c1-12(17-2)10-19-16(21)13-6-4-5-7-14(13)23-11-15(20)18-8-9-22-3;/h4-7,12,17H,8-11H2,1-3H3,(H,18,20)(H,19,21);1H. The number of carbonyl (C=O) groups is 2. The fourth-order valence-corrected chi connectivity index (χ4v) is 2.59. The molecule has 1 aromatic rings. The quantitative estimate of drug-likeness (QED) is 0.424. The fourth-order valence-electron chi connectivity index (χ4n) is 1.71. The molecular formula is C16H26ClN3O3S. The van der Waals surface area contributed by atoms with Crippen molar-refractivity contribution in [1.82, 2.24) is 16.0 Å². The Hall–Kier alpha value is -1.28. The van der Waals surface area contributed by atoms with Crippen LogP contribution in [0.5, 0.6) is 0 Å². The number of ether oxygens (including phenoxy) is 1. The molecule has 24 heavy (non-hydrogen) atoms. The third-order valence-electron chi connectivity index (χ3n) is 3.18. The van der Waals surface area contributed by atoms with Gasteiger partial charge in [-0.3, -0.25) is 9.59 Å². The molecule has 2 amide bonds. The van der Waals surface area contributed by atoms with Crippen molar-refractivity contribution in [2.24, 2.45) is 0 Å². The Balaban J connectivity index is 0.00000529. The SMILES string of the molecule is CNC(C)CNC(=O)c1ccccc1SCC(=O)NCCOC.Cl. The molecule has 0 saturated heterocycles. The summed E-state index contributed by atoms with van der Waals surface area (Å²) in [6.45, 7) is 3.51. The van der Waals surface area contributed by atoms with Gasteiger partial charge < -0.3 is 20.7 Å². The molecule has 0 bridgehead atoms. The maximum absolute atomic E-state index is 12.3. The Labute approximate surface area is 153 Å². The van der Waals surface area contributed by atoms with Gasteiger partial charge in [-0.2, -0.15) is 0 Å². The highest BCUT2D eigenvalue weighted by molar-refractivity contribution is 8.00. The number of hydrogen-bond acceptors (Lipinski definition) is 5. The lowest BCUT2D eigenvalue weighted by atomic mass is 10.2. The maximum atomic E-state index is 12.3. The molecule has 1 rings (SSSR count). The summed E-state index contributed by atoms with van der Waals surface area (Å²) < 4.78 is 4.88. The number of methoxy groups -OCH3 is 1. The summed E-state index contributed by atoms with van der Waals surface area (Å²) in [6.07, 6.45) is 0. The topological polar surface area (TPSA) is 79.5 Å². The summed E-state index contributed by atoms with van der Waals surface area (Å²) in [4.78, 5) is 24.8. The van der Waals surface area contributed by atoms with Gasteiger partial charge in [0.1, 0.15) is 0 Å². The fraction of sp³-hybridized carbons (Fsp3) is 0.500. The molecule has 1 atom stereocenters. The number of hydrogen-bond donors (Lipinski definition) is 3. The number of nitrogens with one attached hydrogen (secondary N) is 3. The van der Waals surface area contributed by atoms with Crippen molar-refractivity contribution >= 4 is 36.0 Å². The summed E-state index contributed by atoms with van der Waals surface area (Å²) in [7, 11) is 3.44. The van der Waals surface area contributed by atoms with Gasteiger partial charge in [-0.25, -0.2) is 0 Å². The van der Waals surface area contributed by atoms with Crippen molar-refractivity contribution in [3.8, 4) is 0 Å². The van der Waals surface area contributed by atoms with E-state index in [-0.39, 0.29) is 36.0 Å². The number of benzene rings is 1. The van der Waals surface area contributed by atoms with Crippen molar-refractivity contribution in [3.05, 3.63) is 29.8 Å². The number of carbonyl (C=O) groups excluding carboxylic acids is 2. The van der Waals surface area contributed by atoms with Crippen LogP contribution in [0, 0.1) is 0 Å². The Morgan fingerprint density at radius 1 is 1.25 bits per heavy atom. The van der Waals surface area contributed by atoms with Gasteiger partial charge in [-0.1, -0.05) is 12.1 Å². The highest BCUT2D eigenvalue weighted by Crippen LogP contribution is 2.22. The van der Waals surface area contributed by atoms with Crippen LogP contribution >= 0.6 is 24.2 Å². The van der Waals surface area contributed by atoms with Gasteiger partial charge in [0.15, 0.2) is 0 Å². The highest BCUT2D eigenvalue weighted by Gasteiger charge is 2.13. The molecule has 3 N–H and O–H groups in total. The normalized spacial score (nSPS) is 11.3. The van der Waals surface area contributed by atoms with E-state index in [2.05, 4.69) is 16.0 Å². The minimum absolute atomic E-state index is 0. The summed E-state index contributed by atoms with van der Waals surface area (Å²) in [5.41, 5.74) is 0.588. The van der Waals surface area contributed by atoms with E-state index in [1.54, 1.807) is 13.2 Å². The Morgan fingerprint density at radius 2 is 1.96 bits per heavy atom. The highest BCUT2D eigenvalue weighted by atomic mass is 35.5. The predicted molar refractivity (Wildman–Crippen MR) is 100 cm³/mol. The second-order valence-electron chi connectivity index (χ2n) is 5.03. The summed E-state index contributed by atoms with van der Waals surface area (Å²) in [5.74, 6) is 0.0575. The van der Waals surface area contributed by atoms with Crippen molar-refractivity contribution in [1.29, 1.82) is 0 Å². The molecule has 0 aromatic heterocycles. The number of halogens is 1. The molecular weight excluding hydrogens is 350 g/mol. The monoisotopic (exact) mass is 375 g/mol. The first kappa shape index (κ1) is 22.7. The molecule has 0 fully saturated rings. The van der Waals surface area contributed by atoms with E-state index < -0.39 is 0 Å². The zero-order valence-corrected chi connectivity index (χ0v) is 15.9. The molecule has 8 heteroatoms. The maximum Gasteiger partial charge on any atom is 0.252 e. The molecule has 1 aromatic carbocycles. The lowest BCUT2D eigenvalue weighted by Gasteiger charge is -2.13. The smallest absolute Gasteiger partial charge is 0.252 e. The third kappa shape index (κ3) is 8.54. The van der Waals surface area contributed by atoms with Crippen LogP contribution in [0.1, 0.15) is 17.3 Å². The first-order valence-corrected chi connectivity index (χ1v) is 8.50. The van der Waals surface area contributed by atoms with E-state index >= 15 is 0 Å². The largest absolute Gasteiger partial charge is 0.383 e. The number of likely N-dealkylation sites (N-methyl/N-ethyl adjacent to an activating group) is 1. The van der Waals surface area contributed by atoms with Crippen molar-refractivity contribution in [3.63, 3.8) is 0 Å². The van der Waals surface area contributed by atoms with Crippen LogP contribution in [0.15, 0.2) is 29.2 Å². The minimum atomic E-state index is -0.130. The molecule has 1 unspecified atom stereocenters. The molecule has 0 heterocycles. The van der Waals surface area contributed by atoms with E-state index in [4.69, 9.17) is 4.74 Å². The van der Waals surface area contributed by atoms with Gasteiger partial charge in [0.25, 0.3) is 5.91 Å². The zero-order valence-electron chi connectivity index (χ0n) is 14.3. The van der Waals surface area contributed by atoms with Crippen LogP contribution in [0.2, 0.25) is 0 Å². The Kier molecular flexibility index (Phi) is 12.4. The average molecular weight is 376 g/mol. The zero-order chi connectivity index (χ0) is 17.1. The van der Waals surface area contributed by atoms with Gasteiger partial charge in [0.2, 0.25) is 5.91 Å². The van der Waals surface area contributed by atoms with Crippen LogP contribution in [0.4, 0.5) is 0 Å². The van der Waals surface area contributed by atoms with Crippen molar-refractivity contribution < 1.29 is 14.3 Å². The second-order valence-corrected chi connectivity index (χ2v) is 6.04.